The van der Waals surface area contributed by atoms with E-state index in [0.29, 0.717) is 17.4 Å². The SMILES string of the molecule is C=C(C)C(=O)O[SiH2]C(C)=C(C(C)C)C(C)C. The summed E-state index contributed by atoms with van der Waals surface area (Å²) >= 11 is 0. The number of carbonyl (C=O) groups is 1. The number of rotatable bonds is 5. The van der Waals surface area contributed by atoms with E-state index in [9.17, 15) is 4.79 Å². The summed E-state index contributed by atoms with van der Waals surface area (Å²) in [6.45, 7) is 16.1. The van der Waals surface area contributed by atoms with Gasteiger partial charge in [0.2, 0.25) is 0 Å². The highest BCUT2D eigenvalue weighted by Crippen LogP contribution is 2.22. The minimum absolute atomic E-state index is 0.252. The quantitative estimate of drug-likeness (QED) is 0.545. The Hall–Kier alpha value is -0.833. The maximum Gasteiger partial charge on any atom is 0.319 e. The third-order valence-corrected chi connectivity index (χ3v) is 3.75. The Labute approximate surface area is 102 Å². The molecule has 0 aliphatic rings. The molecule has 0 spiro atoms. The molecule has 0 saturated heterocycles. The topological polar surface area (TPSA) is 26.3 Å². The summed E-state index contributed by atoms with van der Waals surface area (Å²) in [4.78, 5) is 11.3. The molecule has 2 nitrogen and oxygen atoms in total. The molecule has 0 atom stereocenters. The second-order valence-corrected chi connectivity index (χ2v) is 6.54. The van der Waals surface area contributed by atoms with Gasteiger partial charge in [-0.25, -0.2) is 4.79 Å². The van der Waals surface area contributed by atoms with Gasteiger partial charge in [0.25, 0.3) is 9.76 Å². The Bertz CT molecular complexity index is 291. The van der Waals surface area contributed by atoms with E-state index in [0.717, 1.165) is 0 Å². The van der Waals surface area contributed by atoms with Gasteiger partial charge in [-0.3, -0.25) is 0 Å². The first-order valence-electron chi connectivity index (χ1n) is 5.79. The molecule has 0 saturated carbocycles. The second-order valence-electron chi connectivity index (χ2n) is 4.90. The monoisotopic (exact) mass is 240 g/mol. The average molecular weight is 240 g/mol. The van der Waals surface area contributed by atoms with Crippen LogP contribution in [0.4, 0.5) is 0 Å². The predicted octanol–water partition coefficient (Wildman–Crippen LogP) is 2.78. The van der Waals surface area contributed by atoms with E-state index in [2.05, 4.69) is 41.2 Å². The summed E-state index contributed by atoms with van der Waals surface area (Å²) in [7, 11) is -0.918. The fraction of sp³-hybridized carbons (Fsp3) is 0.615. The largest absolute Gasteiger partial charge is 0.518 e. The van der Waals surface area contributed by atoms with Crippen molar-refractivity contribution in [1.82, 2.24) is 0 Å². The molecule has 0 bridgehead atoms. The Morgan fingerprint density at radius 2 is 1.56 bits per heavy atom. The first kappa shape index (κ1) is 15.2. The summed E-state index contributed by atoms with van der Waals surface area (Å²) in [6, 6.07) is 0. The van der Waals surface area contributed by atoms with Crippen LogP contribution in [0, 0.1) is 11.8 Å². The van der Waals surface area contributed by atoms with Crippen LogP contribution in [0.1, 0.15) is 41.5 Å². The van der Waals surface area contributed by atoms with Gasteiger partial charge >= 0.3 is 5.97 Å². The van der Waals surface area contributed by atoms with Crippen LogP contribution < -0.4 is 0 Å². The zero-order chi connectivity index (χ0) is 12.9. The molecule has 0 aromatic rings. The lowest BCUT2D eigenvalue weighted by Crippen LogP contribution is -2.15. The van der Waals surface area contributed by atoms with Gasteiger partial charge in [0.15, 0.2) is 0 Å². The lowest BCUT2D eigenvalue weighted by molar-refractivity contribution is -0.129. The molecular formula is C13H24O2Si. The van der Waals surface area contributed by atoms with E-state index < -0.39 is 9.76 Å². The van der Waals surface area contributed by atoms with Crippen molar-refractivity contribution in [2.45, 2.75) is 41.5 Å². The lowest BCUT2D eigenvalue weighted by Gasteiger charge is -2.19. The third kappa shape index (κ3) is 4.79. The number of hydrogen-bond donors (Lipinski definition) is 0. The minimum atomic E-state index is -0.918. The van der Waals surface area contributed by atoms with Crippen molar-refractivity contribution in [2.24, 2.45) is 11.8 Å². The maximum absolute atomic E-state index is 11.3. The van der Waals surface area contributed by atoms with Crippen LogP contribution in [-0.2, 0) is 9.22 Å². The van der Waals surface area contributed by atoms with Crippen molar-refractivity contribution in [1.29, 1.82) is 0 Å². The van der Waals surface area contributed by atoms with Crippen molar-refractivity contribution in [3.63, 3.8) is 0 Å². The molecule has 0 unspecified atom stereocenters. The summed E-state index contributed by atoms with van der Waals surface area (Å²) in [6.07, 6.45) is 0. The second kappa shape index (κ2) is 6.69. The van der Waals surface area contributed by atoms with Gasteiger partial charge in [-0.2, -0.15) is 0 Å². The molecule has 0 aromatic carbocycles. The van der Waals surface area contributed by atoms with Crippen molar-refractivity contribution in [2.75, 3.05) is 0 Å². The fourth-order valence-corrected chi connectivity index (χ4v) is 3.61. The molecule has 0 aromatic heterocycles. The summed E-state index contributed by atoms with van der Waals surface area (Å²) < 4.78 is 5.29. The van der Waals surface area contributed by atoms with E-state index in [1.165, 1.54) is 10.8 Å². The minimum Gasteiger partial charge on any atom is -0.518 e. The number of carbonyl (C=O) groups excluding carboxylic acids is 1. The standard InChI is InChI=1S/C13H24O2Si/c1-8(2)12(9(3)4)11(7)16-15-13(14)10(5)6/h8-9H,5,16H2,1-4,6-7H3. The summed E-state index contributed by atoms with van der Waals surface area (Å²) in [5.74, 6) is 0.796. The average Bonchev–Trinajstić information content (AvgIpc) is 2.12. The van der Waals surface area contributed by atoms with Gasteiger partial charge in [0, 0.05) is 5.57 Å². The number of allylic oxidation sites excluding steroid dienone is 2. The summed E-state index contributed by atoms with van der Waals surface area (Å²) in [5, 5.41) is 1.29. The highest BCUT2D eigenvalue weighted by molar-refractivity contribution is 6.41. The smallest absolute Gasteiger partial charge is 0.319 e. The fourth-order valence-electron chi connectivity index (χ4n) is 2.03. The van der Waals surface area contributed by atoms with Crippen LogP contribution in [0.5, 0.6) is 0 Å². The molecule has 0 aliphatic heterocycles. The van der Waals surface area contributed by atoms with Crippen molar-refractivity contribution in [3.8, 4) is 0 Å². The van der Waals surface area contributed by atoms with Gasteiger partial charge in [-0.1, -0.05) is 45.0 Å². The van der Waals surface area contributed by atoms with Gasteiger partial charge in [0.05, 0.1) is 0 Å². The van der Waals surface area contributed by atoms with Gasteiger partial charge in [-0.15, -0.1) is 0 Å². The van der Waals surface area contributed by atoms with E-state index >= 15 is 0 Å². The molecular weight excluding hydrogens is 216 g/mol. The number of hydrogen-bond acceptors (Lipinski definition) is 2. The summed E-state index contributed by atoms with van der Waals surface area (Å²) in [5.41, 5.74) is 1.91. The molecule has 0 aliphatic carbocycles. The van der Waals surface area contributed by atoms with Crippen LogP contribution in [0.3, 0.4) is 0 Å². The van der Waals surface area contributed by atoms with Crippen LogP contribution in [-0.4, -0.2) is 15.7 Å². The van der Waals surface area contributed by atoms with E-state index in [-0.39, 0.29) is 5.97 Å². The maximum atomic E-state index is 11.3. The van der Waals surface area contributed by atoms with Crippen molar-refractivity contribution < 1.29 is 9.22 Å². The van der Waals surface area contributed by atoms with Crippen LogP contribution >= 0.6 is 0 Å². The molecule has 0 rings (SSSR count). The highest BCUT2D eigenvalue weighted by atomic mass is 28.2. The molecule has 0 radical (unpaired) electrons. The van der Waals surface area contributed by atoms with Crippen molar-refractivity contribution in [3.05, 3.63) is 22.9 Å². The Morgan fingerprint density at radius 3 is 1.88 bits per heavy atom. The highest BCUT2D eigenvalue weighted by Gasteiger charge is 2.13. The molecule has 16 heavy (non-hydrogen) atoms. The zero-order valence-corrected chi connectivity index (χ0v) is 12.8. The first-order valence-corrected chi connectivity index (χ1v) is 7.08. The zero-order valence-electron chi connectivity index (χ0n) is 11.4. The molecule has 0 heterocycles. The predicted molar refractivity (Wildman–Crippen MR) is 71.8 cm³/mol. The Balaban J connectivity index is 4.62. The van der Waals surface area contributed by atoms with E-state index in [4.69, 9.17) is 4.43 Å². The molecule has 0 amide bonds. The Morgan fingerprint density at radius 1 is 1.12 bits per heavy atom. The molecule has 0 N–H and O–H groups in total. The van der Waals surface area contributed by atoms with E-state index in [1.54, 1.807) is 6.92 Å². The van der Waals surface area contributed by atoms with Crippen LogP contribution in [0.25, 0.3) is 0 Å². The van der Waals surface area contributed by atoms with Crippen LogP contribution in [0.2, 0.25) is 0 Å². The third-order valence-electron chi connectivity index (χ3n) is 2.51. The normalized spacial score (nSPS) is 11.2. The first-order chi connectivity index (χ1) is 7.27. The Kier molecular flexibility index (Phi) is 6.34. The van der Waals surface area contributed by atoms with Crippen LogP contribution in [0.15, 0.2) is 22.9 Å². The van der Waals surface area contributed by atoms with Crippen molar-refractivity contribution >= 4 is 15.7 Å². The van der Waals surface area contributed by atoms with E-state index in [1.807, 2.05) is 0 Å². The molecule has 92 valence electrons. The van der Waals surface area contributed by atoms with Gasteiger partial charge in [0.1, 0.15) is 0 Å². The lowest BCUT2D eigenvalue weighted by atomic mass is 9.92. The molecule has 3 heteroatoms. The molecule has 0 fully saturated rings. The van der Waals surface area contributed by atoms with Gasteiger partial charge in [-0.05, 0) is 25.7 Å². The van der Waals surface area contributed by atoms with Gasteiger partial charge < -0.3 is 4.43 Å².